The zero-order valence-corrected chi connectivity index (χ0v) is 30.9. The molecule has 8 aromatic rings. The molecular formula is C48H37B2NO2. The van der Waals surface area contributed by atoms with E-state index in [1.807, 2.05) is 0 Å². The van der Waals surface area contributed by atoms with E-state index in [1.165, 1.54) is 82.2 Å². The summed E-state index contributed by atoms with van der Waals surface area (Å²) in [6, 6.07) is 43.0. The van der Waals surface area contributed by atoms with Crippen LogP contribution < -0.4 is 42.3 Å². The van der Waals surface area contributed by atoms with E-state index in [1.54, 1.807) is 0 Å². The van der Waals surface area contributed by atoms with Crippen molar-refractivity contribution in [3.63, 3.8) is 0 Å². The van der Waals surface area contributed by atoms with Gasteiger partial charge in [-0.2, -0.15) is 0 Å². The Kier molecular flexibility index (Phi) is 5.44. The molecule has 0 saturated heterocycles. The summed E-state index contributed by atoms with van der Waals surface area (Å²) in [4.78, 5) is 0. The number of rotatable bonds is 1. The number of hydrogen-bond acceptors (Lipinski definition) is 2. The predicted octanol–water partition coefficient (Wildman–Crippen LogP) is 8.07. The topological polar surface area (TPSA) is 23.4 Å². The lowest BCUT2D eigenvalue weighted by Gasteiger charge is -2.42. The highest BCUT2D eigenvalue weighted by Crippen LogP contribution is 2.50. The lowest BCUT2D eigenvalue weighted by Crippen LogP contribution is -2.65. The fraction of sp³-hybridized carbons (Fsp3) is 0.167. The SMILES string of the molecule is CC(C)(C)c1cc(-c2c3c4c5c6c2Oc2ccccc2B6c2cc6ccccc6c6c7cccc(c7n-5c26)B4c2ccccc2O3)cc(C(C)(C)C)c1. The summed E-state index contributed by atoms with van der Waals surface area (Å²) < 4.78 is 17.2. The molecule has 0 fully saturated rings. The molecule has 53 heavy (non-hydrogen) atoms. The summed E-state index contributed by atoms with van der Waals surface area (Å²) >= 11 is 0. The highest BCUT2D eigenvalue weighted by Gasteiger charge is 2.50. The molecule has 0 unspecified atom stereocenters. The second-order valence-electron chi connectivity index (χ2n) is 17.6. The number of nitrogens with zero attached hydrogens (tertiary/aromatic N) is 1. The van der Waals surface area contributed by atoms with Gasteiger partial charge in [-0.05, 0) is 83.2 Å². The molecule has 0 aliphatic carbocycles. The van der Waals surface area contributed by atoms with Gasteiger partial charge in [0.15, 0.2) is 0 Å². The molecule has 1 aromatic heterocycles. The molecule has 4 aliphatic heterocycles. The van der Waals surface area contributed by atoms with Crippen molar-refractivity contribution in [1.82, 2.24) is 4.57 Å². The maximum Gasteiger partial charge on any atom is 0.256 e. The van der Waals surface area contributed by atoms with Gasteiger partial charge in [-0.1, -0.05) is 145 Å². The van der Waals surface area contributed by atoms with Crippen LogP contribution in [0.2, 0.25) is 0 Å². The third kappa shape index (κ3) is 3.68. The summed E-state index contributed by atoms with van der Waals surface area (Å²) in [5, 5.41) is 5.22. The Morgan fingerprint density at radius 1 is 0.509 bits per heavy atom. The van der Waals surface area contributed by atoms with E-state index in [0.29, 0.717) is 0 Å². The van der Waals surface area contributed by atoms with Crippen LogP contribution in [0.25, 0.3) is 49.4 Å². The first-order valence-corrected chi connectivity index (χ1v) is 19.0. The summed E-state index contributed by atoms with van der Waals surface area (Å²) in [5.74, 6) is 3.66. The summed E-state index contributed by atoms with van der Waals surface area (Å²) in [5.41, 5.74) is 16.2. The number of benzene rings is 7. The van der Waals surface area contributed by atoms with E-state index in [-0.39, 0.29) is 24.3 Å². The van der Waals surface area contributed by atoms with E-state index < -0.39 is 0 Å². The largest absolute Gasteiger partial charge is 0.458 e. The van der Waals surface area contributed by atoms with Crippen LogP contribution in [0, 0.1) is 0 Å². The van der Waals surface area contributed by atoms with Crippen molar-refractivity contribution in [2.24, 2.45) is 0 Å². The van der Waals surface area contributed by atoms with Crippen molar-refractivity contribution >= 4 is 78.8 Å². The number of hydrogen-bond donors (Lipinski definition) is 0. The molecule has 5 heteroatoms. The van der Waals surface area contributed by atoms with Crippen LogP contribution in [0.3, 0.4) is 0 Å². The van der Waals surface area contributed by atoms with Crippen LogP contribution >= 0.6 is 0 Å². The second-order valence-corrected chi connectivity index (χ2v) is 17.6. The number of para-hydroxylation sites is 3. The van der Waals surface area contributed by atoms with Crippen molar-refractivity contribution in [1.29, 1.82) is 0 Å². The number of aromatic nitrogens is 1. The van der Waals surface area contributed by atoms with Gasteiger partial charge in [0, 0.05) is 27.5 Å². The van der Waals surface area contributed by atoms with E-state index in [9.17, 15) is 0 Å². The summed E-state index contributed by atoms with van der Waals surface area (Å²) in [6.07, 6.45) is 0. The van der Waals surface area contributed by atoms with Gasteiger partial charge >= 0.3 is 0 Å². The highest BCUT2D eigenvalue weighted by atomic mass is 16.5. The lowest BCUT2D eigenvalue weighted by molar-refractivity contribution is 0.468. The first-order valence-electron chi connectivity index (χ1n) is 19.0. The standard InChI is InChI=1S/C48H37B2NO2/c1-47(2,3)28-22-27(23-29(25-28)48(4,5)6)38-45-40-44-41-46(38)53-37-21-12-10-18-33(37)50(41)35-24-26-14-7-8-15-30(26)39-31-16-13-19-34(42(31)51(44)43(35)39)49(40)32-17-9-11-20-36(32)52-45/h7-25H,1-6H3. The Bertz CT molecular complexity index is 2960. The third-order valence-electron chi connectivity index (χ3n) is 12.5. The molecule has 252 valence electrons. The number of ether oxygens (including phenoxy) is 2. The molecule has 3 nitrogen and oxygen atoms in total. The predicted molar refractivity (Wildman–Crippen MR) is 223 cm³/mol. The molecular weight excluding hydrogens is 644 g/mol. The Balaban J connectivity index is 1.34. The summed E-state index contributed by atoms with van der Waals surface area (Å²) in [6.45, 7) is 13.9. The molecule has 0 atom stereocenters. The molecule has 12 rings (SSSR count). The molecule has 0 bridgehead atoms. The van der Waals surface area contributed by atoms with Crippen molar-refractivity contribution < 1.29 is 9.47 Å². The van der Waals surface area contributed by atoms with Crippen molar-refractivity contribution in [3.8, 4) is 39.8 Å². The highest BCUT2D eigenvalue weighted by molar-refractivity contribution is 7.03. The van der Waals surface area contributed by atoms with E-state index in [0.717, 1.165) is 34.1 Å². The molecule has 0 spiro atoms. The lowest BCUT2D eigenvalue weighted by atomic mass is 9.30. The monoisotopic (exact) mass is 681 g/mol. The molecule has 5 heterocycles. The molecule has 7 aromatic carbocycles. The molecule has 0 saturated carbocycles. The zero-order valence-electron chi connectivity index (χ0n) is 30.9. The third-order valence-corrected chi connectivity index (χ3v) is 12.5. The van der Waals surface area contributed by atoms with Crippen LogP contribution in [-0.4, -0.2) is 18.0 Å². The van der Waals surface area contributed by atoms with Crippen LogP contribution in [0.1, 0.15) is 52.7 Å². The minimum absolute atomic E-state index is 0.00744. The van der Waals surface area contributed by atoms with Crippen LogP contribution in [0.15, 0.2) is 115 Å². The van der Waals surface area contributed by atoms with Crippen LogP contribution in [0.4, 0.5) is 0 Å². The molecule has 0 amide bonds. The minimum atomic E-state index is -0.0553. The first-order chi connectivity index (χ1) is 25.6. The van der Waals surface area contributed by atoms with Crippen LogP contribution in [0.5, 0.6) is 23.0 Å². The van der Waals surface area contributed by atoms with Gasteiger partial charge in [0.05, 0.1) is 5.56 Å². The Hall–Kier alpha value is -5.67. The van der Waals surface area contributed by atoms with Gasteiger partial charge in [0.1, 0.15) is 23.0 Å². The maximum atomic E-state index is 7.32. The average molecular weight is 681 g/mol. The van der Waals surface area contributed by atoms with E-state index in [2.05, 4.69) is 161 Å². The normalized spacial score (nSPS) is 14.5. The quantitative estimate of drug-likeness (QED) is 0.164. The van der Waals surface area contributed by atoms with Gasteiger partial charge in [-0.25, -0.2) is 0 Å². The van der Waals surface area contributed by atoms with Crippen molar-refractivity contribution in [2.45, 2.75) is 52.4 Å². The molecule has 4 aliphatic rings. The Labute approximate surface area is 310 Å². The molecule has 0 radical (unpaired) electrons. The first kappa shape index (κ1) is 29.9. The average Bonchev–Trinajstić information content (AvgIpc) is 3.50. The van der Waals surface area contributed by atoms with Gasteiger partial charge < -0.3 is 14.0 Å². The van der Waals surface area contributed by atoms with Crippen molar-refractivity contribution in [3.05, 3.63) is 126 Å². The molecule has 0 N–H and O–H groups in total. The fourth-order valence-corrected chi connectivity index (χ4v) is 10.1. The van der Waals surface area contributed by atoms with E-state index >= 15 is 0 Å². The van der Waals surface area contributed by atoms with E-state index in [4.69, 9.17) is 9.47 Å². The summed E-state index contributed by atoms with van der Waals surface area (Å²) in [7, 11) is 0. The second kappa shape index (κ2) is 9.65. The smallest absolute Gasteiger partial charge is 0.256 e. The Morgan fingerprint density at radius 2 is 1.06 bits per heavy atom. The zero-order chi connectivity index (χ0) is 35.7. The number of fused-ring (bicyclic) bond motifs is 9. The van der Waals surface area contributed by atoms with Crippen molar-refractivity contribution in [2.75, 3.05) is 0 Å². The van der Waals surface area contributed by atoms with Gasteiger partial charge in [0.2, 0.25) is 0 Å². The van der Waals surface area contributed by atoms with Crippen LogP contribution in [-0.2, 0) is 10.8 Å². The van der Waals surface area contributed by atoms with Gasteiger partial charge in [-0.15, -0.1) is 0 Å². The fourth-order valence-electron chi connectivity index (χ4n) is 10.1. The minimum Gasteiger partial charge on any atom is -0.458 e. The van der Waals surface area contributed by atoms with Gasteiger partial charge in [0.25, 0.3) is 13.4 Å². The Morgan fingerprint density at radius 3 is 1.70 bits per heavy atom. The van der Waals surface area contributed by atoms with Gasteiger partial charge in [-0.3, -0.25) is 0 Å². The maximum absolute atomic E-state index is 7.32.